The van der Waals surface area contributed by atoms with Gasteiger partial charge in [0, 0.05) is 68.7 Å². The van der Waals surface area contributed by atoms with Crippen LogP contribution in [0.25, 0.3) is 10.9 Å². The molecule has 0 bridgehead atoms. The second-order valence-electron chi connectivity index (χ2n) is 14.8. The molecule has 45 heavy (non-hydrogen) atoms. The first kappa shape index (κ1) is 34.4. The van der Waals surface area contributed by atoms with E-state index in [1.54, 1.807) is 11.3 Å². The van der Waals surface area contributed by atoms with Crippen LogP contribution in [-0.2, 0) is 23.3 Å². The maximum absolute atomic E-state index is 10.6. The third-order valence-corrected chi connectivity index (χ3v) is 11.8. The third kappa shape index (κ3) is 8.89. The Morgan fingerprint density at radius 1 is 1.04 bits per heavy atom. The highest BCUT2D eigenvalue weighted by molar-refractivity contribution is 8.01. The minimum Gasteiger partial charge on any atom is -0.386 e. The minimum atomic E-state index is -0.857. The summed E-state index contributed by atoms with van der Waals surface area (Å²) in [5.41, 5.74) is 3.97. The number of thioether (sulfide) groups is 2. The van der Waals surface area contributed by atoms with Crippen LogP contribution in [0.2, 0.25) is 0 Å². The van der Waals surface area contributed by atoms with Gasteiger partial charge in [0.25, 0.3) is 0 Å². The summed E-state index contributed by atoms with van der Waals surface area (Å²) in [4.78, 5) is 7.19. The number of aliphatic hydroxyl groups is 1. The Bertz CT molecular complexity index is 1550. The number of aromatic nitrogens is 2. The number of nitrogens with one attached hydrogen (secondary N) is 1. The molecule has 0 spiro atoms. The Balaban J connectivity index is 1.55. The summed E-state index contributed by atoms with van der Waals surface area (Å²) in [6.07, 6.45) is 6.89. The second kappa shape index (κ2) is 14.0. The molecular weight excluding hydrogens is 615 g/mol. The van der Waals surface area contributed by atoms with Crippen molar-refractivity contribution in [1.82, 2.24) is 9.55 Å². The number of rotatable bonds is 13. The highest BCUT2D eigenvalue weighted by Crippen LogP contribution is 2.45. The second-order valence-corrected chi connectivity index (χ2v) is 18.6. The van der Waals surface area contributed by atoms with Gasteiger partial charge in [-0.3, -0.25) is 0 Å². The summed E-state index contributed by atoms with van der Waals surface area (Å²) in [5.74, 6) is 1.72. The number of anilines is 1. The topological polar surface area (TPSA) is 59.3 Å². The molecule has 1 aliphatic carbocycles. The summed E-state index contributed by atoms with van der Waals surface area (Å²) in [6, 6.07) is 15.6. The summed E-state index contributed by atoms with van der Waals surface area (Å²) in [6.45, 7) is 17.0. The van der Waals surface area contributed by atoms with Gasteiger partial charge in [-0.05, 0) is 73.8 Å². The van der Waals surface area contributed by atoms with Crippen molar-refractivity contribution in [3.05, 3.63) is 70.9 Å². The normalized spacial score (nSPS) is 17.8. The van der Waals surface area contributed by atoms with Crippen molar-refractivity contribution < 1.29 is 9.84 Å². The molecule has 0 amide bonds. The van der Waals surface area contributed by atoms with E-state index in [-0.39, 0.29) is 10.2 Å². The molecule has 1 saturated carbocycles. The van der Waals surface area contributed by atoms with Crippen molar-refractivity contribution in [2.24, 2.45) is 11.3 Å². The highest BCUT2D eigenvalue weighted by atomic mass is 32.2. The van der Waals surface area contributed by atoms with E-state index in [1.807, 2.05) is 56.1 Å². The van der Waals surface area contributed by atoms with Gasteiger partial charge in [0.15, 0.2) is 5.13 Å². The molecule has 244 valence electrons. The Hall–Kier alpha value is -1.97. The van der Waals surface area contributed by atoms with Gasteiger partial charge in [-0.2, -0.15) is 0 Å². The predicted molar refractivity (Wildman–Crippen MR) is 195 cm³/mol. The van der Waals surface area contributed by atoms with Gasteiger partial charge in [-0.25, -0.2) is 4.98 Å². The summed E-state index contributed by atoms with van der Waals surface area (Å²) in [7, 11) is 1.87. The van der Waals surface area contributed by atoms with Gasteiger partial charge in [-0.15, -0.1) is 34.9 Å². The van der Waals surface area contributed by atoms with Gasteiger partial charge >= 0.3 is 0 Å². The zero-order chi connectivity index (χ0) is 32.4. The number of hydrogen-bond donors (Lipinski definition) is 2. The Morgan fingerprint density at radius 3 is 2.44 bits per heavy atom. The lowest BCUT2D eigenvalue weighted by Crippen LogP contribution is -2.27. The van der Waals surface area contributed by atoms with E-state index < -0.39 is 5.60 Å². The van der Waals surface area contributed by atoms with Crippen molar-refractivity contribution in [3.8, 4) is 0 Å². The molecule has 5 nitrogen and oxygen atoms in total. The monoisotopic (exact) mass is 665 g/mol. The Morgan fingerprint density at radius 2 is 1.80 bits per heavy atom. The fourth-order valence-corrected chi connectivity index (χ4v) is 9.14. The summed E-state index contributed by atoms with van der Waals surface area (Å²) >= 11 is 5.63. The lowest BCUT2D eigenvalue weighted by molar-refractivity contribution is 0.0785. The number of thiazole rings is 1. The third-order valence-electron chi connectivity index (χ3n) is 8.65. The molecule has 2 aromatic carbocycles. The van der Waals surface area contributed by atoms with Gasteiger partial charge < -0.3 is 19.7 Å². The number of nitrogens with zero attached hydrogens (tertiary/aromatic N) is 2. The van der Waals surface area contributed by atoms with E-state index in [1.165, 1.54) is 51.2 Å². The van der Waals surface area contributed by atoms with Crippen LogP contribution in [-0.4, -0.2) is 44.9 Å². The van der Waals surface area contributed by atoms with Crippen LogP contribution in [0.1, 0.15) is 84.5 Å². The lowest BCUT2D eigenvalue weighted by atomic mass is 9.87. The van der Waals surface area contributed by atoms with Crippen LogP contribution in [0.15, 0.2) is 63.8 Å². The first-order valence-electron chi connectivity index (χ1n) is 16.2. The molecule has 8 heteroatoms. The number of methoxy groups -OCH3 is 1. The lowest BCUT2D eigenvalue weighted by Gasteiger charge is -2.28. The molecule has 2 atom stereocenters. The van der Waals surface area contributed by atoms with Crippen molar-refractivity contribution in [2.45, 2.75) is 107 Å². The molecule has 0 saturated heterocycles. The Kier molecular flexibility index (Phi) is 10.7. The quantitative estimate of drug-likeness (QED) is 0.139. The Labute approximate surface area is 283 Å². The largest absolute Gasteiger partial charge is 0.386 e. The van der Waals surface area contributed by atoms with E-state index in [2.05, 4.69) is 92.0 Å². The predicted octanol–water partition coefficient (Wildman–Crippen LogP) is 9.85. The van der Waals surface area contributed by atoms with E-state index >= 15 is 0 Å². The maximum atomic E-state index is 10.6. The van der Waals surface area contributed by atoms with Gasteiger partial charge in [-0.1, -0.05) is 65.3 Å². The summed E-state index contributed by atoms with van der Waals surface area (Å²) in [5, 5.41) is 18.5. The van der Waals surface area contributed by atoms with Crippen molar-refractivity contribution in [1.29, 1.82) is 0 Å². The van der Waals surface area contributed by atoms with Crippen LogP contribution in [0.5, 0.6) is 0 Å². The SMILES string of the molecule is COC1CCCC1CSc1ccc2c(c1)c(SC(C)(C)C)c(CC(C)(C)CNc1nccs1)n2Cc1ccc(C(C)(C)O)cc1. The van der Waals surface area contributed by atoms with Crippen LogP contribution < -0.4 is 5.32 Å². The average Bonchev–Trinajstić information content (AvgIpc) is 3.71. The van der Waals surface area contributed by atoms with Crippen LogP contribution in [0.4, 0.5) is 5.13 Å². The molecule has 2 heterocycles. The smallest absolute Gasteiger partial charge is 0.182 e. The molecule has 2 unspecified atom stereocenters. The van der Waals surface area contributed by atoms with Gasteiger partial charge in [0.1, 0.15) is 0 Å². The van der Waals surface area contributed by atoms with Crippen molar-refractivity contribution in [2.75, 3.05) is 24.7 Å². The molecule has 0 aliphatic heterocycles. The average molecular weight is 666 g/mol. The van der Waals surface area contributed by atoms with E-state index in [0.29, 0.717) is 12.0 Å². The molecule has 2 aromatic heterocycles. The van der Waals surface area contributed by atoms with Crippen molar-refractivity contribution in [3.63, 3.8) is 0 Å². The van der Waals surface area contributed by atoms with E-state index in [9.17, 15) is 5.11 Å². The van der Waals surface area contributed by atoms with Crippen LogP contribution in [0.3, 0.4) is 0 Å². The fourth-order valence-electron chi connectivity index (χ4n) is 6.27. The van der Waals surface area contributed by atoms with Gasteiger partial charge in [0.05, 0.1) is 11.7 Å². The van der Waals surface area contributed by atoms with Gasteiger partial charge in [0.2, 0.25) is 0 Å². The van der Waals surface area contributed by atoms with E-state index in [0.717, 1.165) is 36.0 Å². The molecule has 1 fully saturated rings. The first-order chi connectivity index (χ1) is 21.2. The minimum absolute atomic E-state index is 0.00895. The summed E-state index contributed by atoms with van der Waals surface area (Å²) < 4.78 is 8.42. The van der Waals surface area contributed by atoms with E-state index in [4.69, 9.17) is 4.74 Å². The van der Waals surface area contributed by atoms with Crippen LogP contribution >= 0.6 is 34.9 Å². The standard InChI is InChI=1S/C37H51N3O2S3/c1-35(2,3)45-33-29-20-28(44-23-26-10-9-11-32(26)42-8)16-17-30(29)40(22-25-12-14-27(15-13-25)37(6,7)41)31(33)21-36(4,5)24-39-34-38-18-19-43-34/h12-20,26,32,41H,9-11,21-24H2,1-8H3,(H,38,39). The molecule has 0 radical (unpaired) electrons. The zero-order valence-corrected chi connectivity index (χ0v) is 30.7. The number of fused-ring (bicyclic) bond motifs is 1. The first-order valence-corrected chi connectivity index (χ1v) is 18.9. The molecule has 1 aliphatic rings. The molecule has 2 N–H and O–H groups in total. The maximum Gasteiger partial charge on any atom is 0.182 e. The molecule has 4 aromatic rings. The highest BCUT2D eigenvalue weighted by Gasteiger charge is 2.30. The zero-order valence-electron chi connectivity index (χ0n) is 28.3. The number of hydrogen-bond acceptors (Lipinski definition) is 7. The fraction of sp³-hybridized carbons (Fsp3) is 0.541. The molecular formula is C37H51N3O2S3. The number of benzene rings is 2. The van der Waals surface area contributed by atoms with Crippen molar-refractivity contribution >= 4 is 50.9 Å². The number of ether oxygens (including phenoxy) is 1. The van der Waals surface area contributed by atoms with Crippen LogP contribution in [0, 0.1) is 11.3 Å². The molecule has 5 rings (SSSR count).